The maximum Gasteiger partial charge on any atom is 0.331 e. The lowest BCUT2D eigenvalue weighted by Crippen LogP contribution is -2.51. The van der Waals surface area contributed by atoms with Crippen LogP contribution in [0.1, 0.15) is 31.1 Å². The molecule has 0 N–H and O–H groups in total. The van der Waals surface area contributed by atoms with Crippen LogP contribution in [0.4, 0.5) is 0 Å². The zero-order chi connectivity index (χ0) is 15.5. The molecule has 0 saturated carbocycles. The number of hydrogen-bond acceptors (Lipinski definition) is 3. The molecule has 1 amide bonds. The number of ether oxygens (including phenoxy) is 1. The monoisotopic (exact) mass is 361 g/mol. The van der Waals surface area contributed by atoms with E-state index in [-0.39, 0.29) is 12.5 Å². The highest BCUT2D eigenvalue weighted by atomic mass is 79.9. The van der Waals surface area contributed by atoms with Gasteiger partial charge in [-0.3, -0.25) is 4.79 Å². The lowest BCUT2D eigenvalue weighted by Gasteiger charge is -2.33. The molecule has 6 heteroatoms. The topological polar surface area (TPSA) is 46.6 Å². The molecule has 0 aliphatic carbocycles. The Hall–Kier alpha value is -1.07. The fourth-order valence-electron chi connectivity index (χ4n) is 1.54. The van der Waals surface area contributed by atoms with Gasteiger partial charge in [-0.2, -0.15) is 0 Å². The van der Waals surface area contributed by atoms with Crippen LogP contribution in [0.5, 0.6) is 0 Å². The standard InChI is InChI=1S/C14H17BrClNO3/c1-5-20-13(19)14(2,3)17(4)12(18)10-8-9(15)6-7-11(10)16/h6-8H,5H2,1-4H3. The van der Waals surface area contributed by atoms with E-state index in [9.17, 15) is 9.59 Å². The highest BCUT2D eigenvalue weighted by molar-refractivity contribution is 9.10. The SMILES string of the molecule is CCOC(=O)C(C)(C)N(C)C(=O)c1cc(Br)ccc1Cl. The third-order valence-corrected chi connectivity index (χ3v) is 3.90. The second kappa shape index (κ2) is 6.59. The van der Waals surface area contributed by atoms with Crippen molar-refractivity contribution >= 4 is 39.4 Å². The molecule has 1 aromatic carbocycles. The Labute approximate surface area is 132 Å². The minimum Gasteiger partial charge on any atom is -0.464 e. The maximum absolute atomic E-state index is 12.5. The summed E-state index contributed by atoms with van der Waals surface area (Å²) in [6.07, 6.45) is 0. The van der Waals surface area contributed by atoms with Gasteiger partial charge in [0.2, 0.25) is 0 Å². The first-order chi connectivity index (χ1) is 9.21. The molecule has 0 bridgehead atoms. The molecule has 0 spiro atoms. The van der Waals surface area contributed by atoms with Crippen molar-refractivity contribution in [3.05, 3.63) is 33.3 Å². The van der Waals surface area contributed by atoms with Gasteiger partial charge in [-0.25, -0.2) is 4.79 Å². The third-order valence-electron chi connectivity index (χ3n) is 3.08. The Bertz CT molecular complexity index is 531. The van der Waals surface area contributed by atoms with Crippen LogP contribution in [0, 0.1) is 0 Å². The first-order valence-corrected chi connectivity index (χ1v) is 7.29. The van der Waals surface area contributed by atoms with Crippen molar-refractivity contribution in [2.45, 2.75) is 26.3 Å². The summed E-state index contributed by atoms with van der Waals surface area (Å²) >= 11 is 9.34. The van der Waals surface area contributed by atoms with E-state index in [0.29, 0.717) is 10.6 Å². The van der Waals surface area contributed by atoms with Crippen molar-refractivity contribution in [2.75, 3.05) is 13.7 Å². The van der Waals surface area contributed by atoms with Gasteiger partial charge in [-0.1, -0.05) is 27.5 Å². The fourth-order valence-corrected chi connectivity index (χ4v) is 2.10. The normalized spacial score (nSPS) is 11.1. The molecular formula is C14H17BrClNO3. The molecule has 1 aromatic rings. The van der Waals surface area contributed by atoms with Crippen LogP contribution in [0.15, 0.2) is 22.7 Å². The minimum absolute atomic E-state index is 0.266. The van der Waals surface area contributed by atoms with Crippen LogP contribution in [-0.2, 0) is 9.53 Å². The van der Waals surface area contributed by atoms with Gasteiger partial charge in [-0.05, 0) is 39.0 Å². The summed E-state index contributed by atoms with van der Waals surface area (Å²) in [7, 11) is 1.55. The summed E-state index contributed by atoms with van der Waals surface area (Å²) in [5.74, 6) is -0.795. The van der Waals surface area contributed by atoms with Crippen LogP contribution >= 0.6 is 27.5 Å². The smallest absolute Gasteiger partial charge is 0.331 e. The van der Waals surface area contributed by atoms with E-state index < -0.39 is 11.5 Å². The molecule has 0 unspecified atom stereocenters. The van der Waals surface area contributed by atoms with Gasteiger partial charge in [0.15, 0.2) is 0 Å². The van der Waals surface area contributed by atoms with Gasteiger partial charge in [0.05, 0.1) is 17.2 Å². The Kier molecular flexibility index (Phi) is 5.59. The number of esters is 1. The number of carbonyl (C=O) groups is 2. The quantitative estimate of drug-likeness (QED) is 0.770. The second-order valence-electron chi connectivity index (χ2n) is 4.77. The van der Waals surface area contributed by atoms with Crippen LogP contribution in [0.25, 0.3) is 0 Å². The summed E-state index contributed by atoms with van der Waals surface area (Å²) in [5.41, 5.74) is -0.737. The Morgan fingerprint density at radius 2 is 2.00 bits per heavy atom. The van der Waals surface area contributed by atoms with E-state index in [1.54, 1.807) is 46.0 Å². The average molecular weight is 363 g/mol. The molecule has 0 saturated heterocycles. The predicted octanol–water partition coefficient (Wildman–Crippen LogP) is 3.52. The number of hydrogen-bond donors (Lipinski definition) is 0. The van der Waals surface area contributed by atoms with Crippen molar-refractivity contribution in [2.24, 2.45) is 0 Å². The summed E-state index contributed by atoms with van der Waals surface area (Å²) in [4.78, 5) is 25.8. The van der Waals surface area contributed by atoms with Crippen molar-refractivity contribution in [1.29, 1.82) is 0 Å². The number of amides is 1. The van der Waals surface area contributed by atoms with Crippen LogP contribution in [0.2, 0.25) is 5.02 Å². The Balaban J connectivity index is 3.07. The molecule has 20 heavy (non-hydrogen) atoms. The lowest BCUT2D eigenvalue weighted by molar-refractivity contribution is -0.153. The molecule has 0 aromatic heterocycles. The first-order valence-electron chi connectivity index (χ1n) is 6.12. The predicted molar refractivity (Wildman–Crippen MR) is 82.0 cm³/mol. The Morgan fingerprint density at radius 3 is 2.55 bits per heavy atom. The van der Waals surface area contributed by atoms with E-state index in [0.717, 1.165) is 4.47 Å². The van der Waals surface area contributed by atoms with Crippen LogP contribution in [0.3, 0.4) is 0 Å². The zero-order valence-corrected chi connectivity index (χ0v) is 14.2. The van der Waals surface area contributed by atoms with Crippen LogP contribution in [-0.4, -0.2) is 36.0 Å². The van der Waals surface area contributed by atoms with Gasteiger partial charge < -0.3 is 9.64 Å². The number of benzene rings is 1. The Morgan fingerprint density at radius 1 is 1.40 bits per heavy atom. The summed E-state index contributed by atoms with van der Waals surface area (Å²) in [6, 6.07) is 5.00. The third kappa shape index (κ3) is 3.52. The zero-order valence-electron chi connectivity index (χ0n) is 11.9. The molecular weight excluding hydrogens is 346 g/mol. The van der Waals surface area contributed by atoms with E-state index in [4.69, 9.17) is 16.3 Å². The molecule has 0 heterocycles. The molecule has 0 fully saturated rings. The number of carbonyl (C=O) groups excluding carboxylic acids is 2. The van der Waals surface area contributed by atoms with E-state index in [1.165, 1.54) is 4.90 Å². The van der Waals surface area contributed by atoms with E-state index in [2.05, 4.69) is 15.9 Å². The number of rotatable bonds is 4. The lowest BCUT2D eigenvalue weighted by atomic mass is 10.0. The van der Waals surface area contributed by atoms with Gasteiger partial charge in [0, 0.05) is 11.5 Å². The molecule has 1 rings (SSSR count). The minimum atomic E-state index is -1.07. The highest BCUT2D eigenvalue weighted by Crippen LogP contribution is 2.25. The van der Waals surface area contributed by atoms with Crippen molar-refractivity contribution in [3.63, 3.8) is 0 Å². The summed E-state index contributed by atoms with van der Waals surface area (Å²) < 4.78 is 5.74. The number of likely N-dealkylation sites (N-methyl/N-ethyl adjacent to an activating group) is 1. The first kappa shape index (κ1) is 17.0. The second-order valence-corrected chi connectivity index (χ2v) is 6.09. The van der Waals surface area contributed by atoms with Gasteiger partial charge >= 0.3 is 5.97 Å². The van der Waals surface area contributed by atoms with Crippen LogP contribution < -0.4 is 0 Å². The van der Waals surface area contributed by atoms with Gasteiger partial charge in [-0.15, -0.1) is 0 Å². The van der Waals surface area contributed by atoms with Gasteiger partial charge in [0.1, 0.15) is 5.54 Å². The van der Waals surface area contributed by atoms with Crippen molar-refractivity contribution in [1.82, 2.24) is 4.90 Å². The fraction of sp³-hybridized carbons (Fsp3) is 0.429. The van der Waals surface area contributed by atoms with Crippen molar-refractivity contribution in [3.8, 4) is 0 Å². The van der Waals surface area contributed by atoms with E-state index in [1.807, 2.05) is 0 Å². The highest BCUT2D eigenvalue weighted by Gasteiger charge is 2.37. The molecule has 0 aliphatic heterocycles. The van der Waals surface area contributed by atoms with Crippen molar-refractivity contribution < 1.29 is 14.3 Å². The average Bonchev–Trinajstić information content (AvgIpc) is 2.40. The summed E-state index contributed by atoms with van der Waals surface area (Å²) in [5, 5.41) is 0.338. The molecule has 110 valence electrons. The maximum atomic E-state index is 12.5. The van der Waals surface area contributed by atoms with E-state index >= 15 is 0 Å². The number of halogens is 2. The molecule has 0 radical (unpaired) electrons. The largest absolute Gasteiger partial charge is 0.464 e. The van der Waals surface area contributed by atoms with Gasteiger partial charge in [0.25, 0.3) is 5.91 Å². The summed E-state index contributed by atoms with van der Waals surface area (Å²) in [6.45, 7) is 5.26. The number of nitrogens with zero attached hydrogens (tertiary/aromatic N) is 1. The molecule has 4 nitrogen and oxygen atoms in total. The molecule has 0 aliphatic rings. The molecule has 0 atom stereocenters.